The Hall–Kier alpha value is -2.00. The summed E-state index contributed by atoms with van der Waals surface area (Å²) in [5.41, 5.74) is 3.57. The quantitative estimate of drug-likeness (QED) is 0.873. The predicted molar refractivity (Wildman–Crippen MR) is 85.8 cm³/mol. The molecule has 0 aliphatic rings. The number of aliphatic hydroxyl groups excluding tert-OH is 1. The van der Waals surface area contributed by atoms with Gasteiger partial charge in [-0.1, -0.05) is 24.3 Å². The maximum absolute atomic E-state index is 8.89. The second-order valence-corrected chi connectivity index (χ2v) is 4.85. The zero-order valence-electron chi connectivity index (χ0n) is 12.2. The van der Waals surface area contributed by atoms with Crippen LogP contribution in [-0.4, -0.2) is 29.9 Å². The fourth-order valence-corrected chi connectivity index (χ4v) is 2.03. The molecule has 0 atom stereocenters. The molecule has 1 aromatic heterocycles. The Kier molecular flexibility index (Phi) is 5.02. The Morgan fingerprint density at radius 1 is 1.10 bits per heavy atom. The van der Waals surface area contributed by atoms with Gasteiger partial charge in [-0.05, 0) is 36.2 Å². The highest BCUT2D eigenvalue weighted by atomic mass is 16.3. The zero-order chi connectivity index (χ0) is 14.4. The van der Waals surface area contributed by atoms with E-state index in [9.17, 15) is 0 Å². The Morgan fingerprint density at radius 3 is 2.45 bits per heavy atom. The van der Waals surface area contributed by atoms with Crippen LogP contribution in [0.1, 0.15) is 18.1 Å². The van der Waals surface area contributed by atoms with Gasteiger partial charge in [-0.3, -0.25) is 0 Å². The fourth-order valence-electron chi connectivity index (χ4n) is 2.03. The highest BCUT2D eigenvalue weighted by Gasteiger charge is 1.97. The van der Waals surface area contributed by atoms with Gasteiger partial charge in [0.15, 0.2) is 0 Å². The molecule has 0 fully saturated rings. The van der Waals surface area contributed by atoms with Gasteiger partial charge >= 0.3 is 0 Å². The van der Waals surface area contributed by atoms with Crippen molar-refractivity contribution in [3.8, 4) is 0 Å². The van der Waals surface area contributed by atoms with Crippen LogP contribution in [0.25, 0.3) is 12.2 Å². The van der Waals surface area contributed by atoms with E-state index in [0.29, 0.717) is 6.54 Å². The molecule has 1 N–H and O–H groups in total. The topological polar surface area (TPSA) is 28.4 Å². The number of hydrogen-bond donors (Lipinski definition) is 1. The summed E-state index contributed by atoms with van der Waals surface area (Å²) >= 11 is 0. The van der Waals surface area contributed by atoms with E-state index >= 15 is 0 Å². The Labute approximate surface area is 120 Å². The third-order valence-corrected chi connectivity index (χ3v) is 3.41. The van der Waals surface area contributed by atoms with Crippen molar-refractivity contribution in [1.82, 2.24) is 4.57 Å². The molecule has 0 bridgehead atoms. The molecule has 2 rings (SSSR count). The first-order valence-electron chi connectivity index (χ1n) is 6.99. The van der Waals surface area contributed by atoms with Gasteiger partial charge in [0.05, 0.1) is 6.61 Å². The summed E-state index contributed by atoms with van der Waals surface area (Å²) in [4.78, 5) is 2.21. The fraction of sp³-hybridized carbons (Fsp3) is 0.294. The van der Waals surface area contributed by atoms with Gasteiger partial charge in [0, 0.05) is 38.2 Å². The second-order valence-electron chi connectivity index (χ2n) is 4.85. The molecule has 0 saturated carbocycles. The second kappa shape index (κ2) is 6.96. The van der Waals surface area contributed by atoms with E-state index in [2.05, 4.69) is 55.3 Å². The monoisotopic (exact) mass is 270 g/mol. The minimum absolute atomic E-state index is 0.171. The van der Waals surface area contributed by atoms with Crippen LogP contribution in [0.3, 0.4) is 0 Å². The summed E-state index contributed by atoms with van der Waals surface area (Å²) in [7, 11) is 2.09. The minimum atomic E-state index is 0.171. The molecule has 0 unspecified atom stereocenters. The van der Waals surface area contributed by atoms with E-state index in [4.69, 9.17) is 5.11 Å². The van der Waals surface area contributed by atoms with E-state index in [0.717, 1.165) is 12.1 Å². The number of hydrogen-bond acceptors (Lipinski definition) is 2. The van der Waals surface area contributed by atoms with Gasteiger partial charge < -0.3 is 14.6 Å². The van der Waals surface area contributed by atoms with E-state index in [1.54, 1.807) is 0 Å². The summed E-state index contributed by atoms with van der Waals surface area (Å²) in [6.07, 6.45) is 8.21. The number of aromatic nitrogens is 1. The molecule has 1 heterocycles. The maximum Gasteiger partial charge on any atom is 0.0610 e. The molecular formula is C17H22N2O. The molecule has 0 amide bonds. The van der Waals surface area contributed by atoms with Gasteiger partial charge in [0.2, 0.25) is 0 Å². The summed E-state index contributed by atoms with van der Waals surface area (Å²) in [6, 6.07) is 10.6. The van der Waals surface area contributed by atoms with Gasteiger partial charge in [-0.15, -0.1) is 0 Å². The molecule has 1 aromatic carbocycles. The Balaban J connectivity index is 2.03. The van der Waals surface area contributed by atoms with Crippen LogP contribution in [0.4, 0.5) is 5.69 Å². The molecule has 3 heteroatoms. The first-order chi connectivity index (χ1) is 9.72. The van der Waals surface area contributed by atoms with Crippen LogP contribution in [0.15, 0.2) is 42.7 Å². The highest BCUT2D eigenvalue weighted by Crippen LogP contribution is 2.15. The van der Waals surface area contributed by atoms with Gasteiger partial charge in [0.25, 0.3) is 0 Å². The average molecular weight is 270 g/mol. The number of rotatable bonds is 6. The average Bonchev–Trinajstić information content (AvgIpc) is 2.93. The van der Waals surface area contributed by atoms with Crippen molar-refractivity contribution in [3.63, 3.8) is 0 Å². The molecular weight excluding hydrogens is 248 g/mol. The largest absolute Gasteiger partial charge is 0.395 e. The molecule has 0 aliphatic heterocycles. The lowest BCUT2D eigenvalue weighted by molar-refractivity contribution is 0.276. The van der Waals surface area contributed by atoms with Crippen LogP contribution in [0.5, 0.6) is 0 Å². The molecule has 3 nitrogen and oxygen atoms in total. The van der Waals surface area contributed by atoms with E-state index < -0.39 is 0 Å². The maximum atomic E-state index is 8.89. The van der Waals surface area contributed by atoms with Crippen molar-refractivity contribution >= 4 is 17.8 Å². The van der Waals surface area contributed by atoms with Crippen molar-refractivity contribution in [2.75, 3.05) is 25.1 Å². The third-order valence-electron chi connectivity index (χ3n) is 3.41. The van der Waals surface area contributed by atoms with Crippen LogP contribution >= 0.6 is 0 Å². The lowest BCUT2D eigenvalue weighted by atomic mass is 10.1. The van der Waals surface area contributed by atoms with Crippen molar-refractivity contribution in [2.45, 2.75) is 13.5 Å². The molecule has 106 valence electrons. The lowest BCUT2D eigenvalue weighted by Crippen LogP contribution is -2.15. The standard InChI is InChI=1S/C17H22N2O/c1-3-18(2)17-8-6-15(7-9-17)4-5-16-10-11-19(14-16)12-13-20/h4-11,14,20H,3,12-13H2,1-2H3/b5-4+. The molecule has 2 aromatic rings. The normalized spacial score (nSPS) is 11.2. The SMILES string of the molecule is CCN(C)c1ccc(/C=C/c2ccn(CCO)c2)cc1. The summed E-state index contributed by atoms with van der Waals surface area (Å²) in [5.74, 6) is 0. The van der Waals surface area contributed by atoms with Crippen LogP contribution in [-0.2, 0) is 6.54 Å². The third kappa shape index (κ3) is 3.75. The lowest BCUT2D eigenvalue weighted by Gasteiger charge is -2.16. The van der Waals surface area contributed by atoms with E-state index in [-0.39, 0.29) is 6.61 Å². The number of nitrogens with zero attached hydrogens (tertiary/aromatic N) is 2. The number of aliphatic hydroxyl groups is 1. The molecule has 20 heavy (non-hydrogen) atoms. The van der Waals surface area contributed by atoms with Crippen LogP contribution in [0, 0.1) is 0 Å². The summed E-state index contributed by atoms with van der Waals surface area (Å²) in [5, 5.41) is 8.89. The molecule has 0 spiro atoms. The Bertz CT molecular complexity index is 555. The molecule has 0 radical (unpaired) electrons. The van der Waals surface area contributed by atoms with E-state index in [1.165, 1.54) is 11.3 Å². The highest BCUT2D eigenvalue weighted by molar-refractivity contribution is 5.70. The zero-order valence-corrected chi connectivity index (χ0v) is 12.2. The van der Waals surface area contributed by atoms with Crippen LogP contribution < -0.4 is 4.90 Å². The van der Waals surface area contributed by atoms with Crippen molar-refractivity contribution in [2.24, 2.45) is 0 Å². The van der Waals surface area contributed by atoms with Crippen molar-refractivity contribution in [3.05, 3.63) is 53.9 Å². The van der Waals surface area contributed by atoms with Crippen molar-refractivity contribution < 1.29 is 5.11 Å². The van der Waals surface area contributed by atoms with Gasteiger partial charge in [-0.2, -0.15) is 0 Å². The first-order valence-corrected chi connectivity index (χ1v) is 6.99. The smallest absolute Gasteiger partial charge is 0.0610 e. The molecule has 0 saturated heterocycles. The van der Waals surface area contributed by atoms with E-state index in [1.807, 2.05) is 23.0 Å². The number of benzene rings is 1. The van der Waals surface area contributed by atoms with Crippen LogP contribution in [0.2, 0.25) is 0 Å². The van der Waals surface area contributed by atoms with Gasteiger partial charge in [-0.25, -0.2) is 0 Å². The summed E-state index contributed by atoms with van der Waals surface area (Å²) in [6.45, 7) is 3.97. The minimum Gasteiger partial charge on any atom is -0.395 e. The summed E-state index contributed by atoms with van der Waals surface area (Å²) < 4.78 is 1.99. The first kappa shape index (κ1) is 14.4. The predicted octanol–water partition coefficient (Wildman–Crippen LogP) is 3.11. The number of anilines is 1. The molecule has 0 aliphatic carbocycles. The Morgan fingerprint density at radius 2 is 1.80 bits per heavy atom. The van der Waals surface area contributed by atoms with Gasteiger partial charge in [0.1, 0.15) is 0 Å². The van der Waals surface area contributed by atoms with Crippen molar-refractivity contribution in [1.29, 1.82) is 0 Å².